The molecule has 192 valence electrons. The number of thiazole rings is 1. The Balaban J connectivity index is 1.69. The van der Waals surface area contributed by atoms with Gasteiger partial charge >= 0.3 is 5.97 Å². The minimum atomic E-state index is -3.81. The Morgan fingerprint density at radius 2 is 1.70 bits per heavy atom. The standard InChI is InChI=1S/C27H27N3O5S2/c1-4-19-11-16-23-24(17-19)36-27(29(23)18-25(31)35-3)28-26(32)20-12-14-22(15-13-20)37(33,34)30(5-2)21-9-7-6-8-10-21/h6-17H,4-5,18H2,1-3H3. The molecule has 0 radical (unpaired) electrons. The third-order valence-electron chi connectivity index (χ3n) is 5.89. The molecule has 1 aromatic heterocycles. The zero-order valence-electron chi connectivity index (χ0n) is 20.7. The molecule has 10 heteroatoms. The van der Waals surface area contributed by atoms with Gasteiger partial charge in [-0.05, 0) is 67.4 Å². The highest BCUT2D eigenvalue weighted by Gasteiger charge is 2.23. The van der Waals surface area contributed by atoms with E-state index in [2.05, 4.69) is 11.9 Å². The molecule has 0 spiro atoms. The number of benzene rings is 3. The number of rotatable bonds is 8. The molecule has 37 heavy (non-hydrogen) atoms. The van der Waals surface area contributed by atoms with Crippen molar-refractivity contribution in [2.75, 3.05) is 18.0 Å². The summed E-state index contributed by atoms with van der Waals surface area (Å²) in [5.74, 6) is -0.998. The number of hydrogen-bond donors (Lipinski definition) is 0. The molecule has 0 saturated carbocycles. The van der Waals surface area contributed by atoms with E-state index in [-0.39, 0.29) is 23.5 Å². The summed E-state index contributed by atoms with van der Waals surface area (Å²) >= 11 is 1.31. The number of hydrogen-bond acceptors (Lipinski definition) is 6. The fraction of sp³-hybridized carbons (Fsp3) is 0.222. The molecular formula is C27H27N3O5S2. The molecule has 0 aliphatic carbocycles. The summed E-state index contributed by atoms with van der Waals surface area (Å²) in [7, 11) is -2.51. The minimum Gasteiger partial charge on any atom is -0.468 e. The van der Waals surface area contributed by atoms with Crippen LogP contribution in [-0.2, 0) is 32.5 Å². The van der Waals surface area contributed by atoms with Gasteiger partial charge in [-0.2, -0.15) is 4.99 Å². The number of carbonyl (C=O) groups is 2. The van der Waals surface area contributed by atoms with Gasteiger partial charge < -0.3 is 9.30 Å². The first kappa shape index (κ1) is 26.3. The molecule has 1 heterocycles. The second kappa shape index (κ2) is 11.1. The maximum atomic E-state index is 13.2. The predicted octanol–water partition coefficient (Wildman–Crippen LogP) is 4.39. The summed E-state index contributed by atoms with van der Waals surface area (Å²) in [5.41, 5.74) is 2.70. The van der Waals surface area contributed by atoms with E-state index in [9.17, 15) is 18.0 Å². The van der Waals surface area contributed by atoms with Crippen LogP contribution in [0.2, 0.25) is 0 Å². The molecule has 1 amide bonds. The van der Waals surface area contributed by atoms with Crippen LogP contribution in [0.4, 0.5) is 5.69 Å². The van der Waals surface area contributed by atoms with Crippen molar-refractivity contribution in [3.8, 4) is 0 Å². The van der Waals surface area contributed by atoms with Crippen molar-refractivity contribution in [3.63, 3.8) is 0 Å². The fourth-order valence-corrected chi connectivity index (χ4v) is 6.47. The fourth-order valence-electron chi connectivity index (χ4n) is 3.90. The van der Waals surface area contributed by atoms with E-state index in [4.69, 9.17) is 4.74 Å². The van der Waals surface area contributed by atoms with Gasteiger partial charge in [0.15, 0.2) is 4.80 Å². The van der Waals surface area contributed by atoms with Gasteiger partial charge in [0.25, 0.3) is 15.9 Å². The normalized spacial score (nSPS) is 12.0. The van der Waals surface area contributed by atoms with Gasteiger partial charge in [-0.3, -0.25) is 13.9 Å². The Morgan fingerprint density at radius 1 is 1.00 bits per heavy atom. The van der Waals surface area contributed by atoms with E-state index in [0.717, 1.165) is 22.2 Å². The predicted molar refractivity (Wildman–Crippen MR) is 144 cm³/mol. The van der Waals surface area contributed by atoms with Crippen LogP contribution >= 0.6 is 11.3 Å². The second-order valence-corrected chi connectivity index (χ2v) is 11.0. The number of nitrogens with zero attached hydrogens (tertiary/aromatic N) is 3. The molecular weight excluding hydrogens is 510 g/mol. The Labute approximate surface area is 219 Å². The average Bonchev–Trinajstić information content (AvgIpc) is 3.24. The van der Waals surface area contributed by atoms with Crippen molar-refractivity contribution in [3.05, 3.63) is 88.7 Å². The molecule has 8 nitrogen and oxygen atoms in total. The number of methoxy groups -OCH3 is 1. The highest BCUT2D eigenvalue weighted by Crippen LogP contribution is 2.24. The van der Waals surface area contributed by atoms with Gasteiger partial charge in [0, 0.05) is 12.1 Å². The van der Waals surface area contributed by atoms with Crippen molar-refractivity contribution < 1.29 is 22.7 Å². The summed E-state index contributed by atoms with van der Waals surface area (Å²) in [5, 5.41) is 0. The third kappa shape index (κ3) is 5.50. The molecule has 0 N–H and O–H groups in total. The SMILES string of the molecule is CCc1ccc2c(c1)sc(=NC(=O)c1ccc(S(=O)(=O)N(CC)c3ccccc3)cc1)n2CC(=O)OC. The first-order valence-corrected chi connectivity index (χ1v) is 14.0. The zero-order valence-corrected chi connectivity index (χ0v) is 22.4. The molecule has 4 rings (SSSR count). The largest absolute Gasteiger partial charge is 0.468 e. The zero-order chi connectivity index (χ0) is 26.6. The molecule has 0 bridgehead atoms. The summed E-state index contributed by atoms with van der Waals surface area (Å²) in [6.07, 6.45) is 0.852. The minimum absolute atomic E-state index is 0.0736. The van der Waals surface area contributed by atoms with Crippen LogP contribution < -0.4 is 9.11 Å². The number of amides is 1. The quantitative estimate of drug-likeness (QED) is 0.311. The Bertz CT molecular complexity index is 1610. The molecule has 3 aromatic carbocycles. The summed E-state index contributed by atoms with van der Waals surface area (Å²) in [6.45, 7) is 3.99. The summed E-state index contributed by atoms with van der Waals surface area (Å²) in [6, 6.07) is 20.5. The maximum Gasteiger partial charge on any atom is 0.325 e. The third-order valence-corrected chi connectivity index (χ3v) is 8.85. The number of fused-ring (bicyclic) bond motifs is 1. The van der Waals surface area contributed by atoms with Gasteiger partial charge in [-0.25, -0.2) is 8.42 Å². The van der Waals surface area contributed by atoms with E-state index in [1.54, 1.807) is 35.8 Å². The molecule has 0 aliphatic heterocycles. The number of para-hydroxylation sites is 1. The van der Waals surface area contributed by atoms with Crippen molar-refractivity contribution >= 4 is 49.1 Å². The lowest BCUT2D eigenvalue weighted by atomic mass is 10.2. The maximum absolute atomic E-state index is 13.2. The topological polar surface area (TPSA) is 98.0 Å². The van der Waals surface area contributed by atoms with Crippen LogP contribution in [0.1, 0.15) is 29.8 Å². The highest BCUT2D eigenvalue weighted by molar-refractivity contribution is 7.92. The molecule has 0 unspecified atom stereocenters. The Morgan fingerprint density at radius 3 is 2.32 bits per heavy atom. The van der Waals surface area contributed by atoms with Crippen molar-refractivity contribution in [2.45, 2.75) is 31.7 Å². The van der Waals surface area contributed by atoms with Crippen LogP contribution in [0.25, 0.3) is 10.2 Å². The summed E-state index contributed by atoms with van der Waals surface area (Å²) in [4.78, 5) is 29.8. The lowest BCUT2D eigenvalue weighted by molar-refractivity contribution is -0.141. The van der Waals surface area contributed by atoms with Crippen LogP contribution in [-0.4, -0.2) is 38.5 Å². The number of sulfonamides is 1. The molecule has 0 saturated heterocycles. The molecule has 0 fully saturated rings. The van der Waals surface area contributed by atoms with Crippen LogP contribution in [0.15, 0.2) is 82.7 Å². The Kier molecular flexibility index (Phi) is 7.89. The first-order chi connectivity index (χ1) is 17.8. The van der Waals surface area contributed by atoms with E-state index in [0.29, 0.717) is 10.5 Å². The lowest BCUT2D eigenvalue weighted by Crippen LogP contribution is -2.30. The van der Waals surface area contributed by atoms with E-state index in [1.807, 2.05) is 24.3 Å². The van der Waals surface area contributed by atoms with E-state index < -0.39 is 21.9 Å². The van der Waals surface area contributed by atoms with Crippen LogP contribution in [0.3, 0.4) is 0 Å². The van der Waals surface area contributed by atoms with Gasteiger partial charge in [0.05, 0.1) is 27.9 Å². The van der Waals surface area contributed by atoms with Crippen molar-refractivity contribution in [2.24, 2.45) is 4.99 Å². The van der Waals surface area contributed by atoms with Gasteiger partial charge in [0.2, 0.25) is 0 Å². The number of carbonyl (C=O) groups excluding carboxylic acids is 2. The highest BCUT2D eigenvalue weighted by atomic mass is 32.2. The van der Waals surface area contributed by atoms with E-state index in [1.165, 1.54) is 47.0 Å². The number of esters is 1. The summed E-state index contributed by atoms with van der Waals surface area (Å²) < 4.78 is 35.2. The van der Waals surface area contributed by atoms with Crippen molar-refractivity contribution in [1.82, 2.24) is 4.57 Å². The molecule has 0 aliphatic rings. The van der Waals surface area contributed by atoms with Gasteiger partial charge in [-0.15, -0.1) is 0 Å². The smallest absolute Gasteiger partial charge is 0.325 e. The average molecular weight is 538 g/mol. The number of anilines is 1. The molecule has 0 atom stereocenters. The number of aryl methyl sites for hydroxylation is 1. The second-order valence-electron chi connectivity index (χ2n) is 8.15. The van der Waals surface area contributed by atoms with Crippen LogP contribution in [0.5, 0.6) is 0 Å². The first-order valence-electron chi connectivity index (χ1n) is 11.7. The number of ether oxygens (including phenoxy) is 1. The van der Waals surface area contributed by atoms with E-state index >= 15 is 0 Å². The van der Waals surface area contributed by atoms with Gasteiger partial charge in [0.1, 0.15) is 6.54 Å². The van der Waals surface area contributed by atoms with Crippen LogP contribution in [0, 0.1) is 0 Å². The monoisotopic (exact) mass is 537 g/mol. The Hall–Kier alpha value is -3.76. The lowest BCUT2D eigenvalue weighted by Gasteiger charge is -2.22. The van der Waals surface area contributed by atoms with Gasteiger partial charge in [-0.1, -0.05) is 42.5 Å². The van der Waals surface area contributed by atoms with Crippen molar-refractivity contribution in [1.29, 1.82) is 0 Å². The molecule has 4 aromatic rings. The number of aromatic nitrogens is 1.